The van der Waals surface area contributed by atoms with Crippen LogP contribution in [0.15, 0.2) is 30.5 Å². The van der Waals surface area contributed by atoms with E-state index in [1.54, 1.807) is 16.8 Å². The molecule has 6 nitrogen and oxygen atoms in total. The van der Waals surface area contributed by atoms with Crippen LogP contribution in [0.5, 0.6) is 0 Å². The number of benzene rings is 1. The number of hydrogen-bond acceptors (Lipinski definition) is 4. The van der Waals surface area contributed by atoms with Gasteiger partial charge in [0.25, 0.3) is 5.69 Å². The summed E-state index contributed by atoms with van der Waals surface area (Å²) in [5.41, 5.74) is 2.63. The van der Waals surface area contributed by atoms with E-state index in [1.165, 1.54) is 12.1 Å². The number of hydrogen-bond donors (Lipinski definition) is 1. The van der Waals surface area contributed by atoms with E-state index >= 15 is 0 Å². The molecule has 0 saturated carbocycles. The smallest absolute Gasteiger partial charge is 0.269 e. The lowest BCUT2D eigenvalue weighted by Crippen LogP contribution is -1.95. The average molecular weight is 247 g/mol. The molecular weight excluding hydrogens is 234 g/mol. The first-order valence-corrected chi connectivity index (χ1v) is 5.52. The van der Waals surface area contributed by atoms with Crippen molar-refractivity contribution in [2.24, 2.45) is 0 Å². The SMILES string of the molecule is Cc1nn(-c2ccc([N+](=O)[O-])cc2)cc1CCO. The Kier molecular flexibility index (Phi) is 3.38. The predicted octanol–water partition coefficient (Wildman–Crippen LogP) is 1.62. The van der Waals surface area contributed by atoms with Crippen LogP contribution in [-0.2, 0) is 6.42 Å². The van der Waals surface area contributed by atoms with Crippen molar-refractivity contribution < 1.29 is 10.0 Å². The molecule has 6 heteroatoms. The predicted molar refractivity (Wildman–Crippen MR) is 65.7 cm³/mol. The van der Waals surface area contributed by atoms with Crippen molar-refractivity contribution in [2.75, 3.05) is 6.61 Å². The van der Waals surface area contributed by atoms with E-state index < -0.39 is 4.92 Å². The van der Waals surface area contributed by atoms with Crippen molar-refractivity contribution >= 4 is 5.69 Å². The number of nitrogens with zero attached hydrogens (tertiary/aromatic N) is 3. The van der Waals surface area contributed by atoms with Gasteiger partial charge in [-0.15, -0.1) is 0 Å². The van der Waals surface area contributed by atoms with Gasteiger partial charge in [0, 0.05) is 24.9 Å². The number of aliphatic hydroxyl groups is 1. The minimum absolute atomic E-state index is 0.0539. The Bertz CT molecular complexity index is 560. The molecule has 2 aromatic rings. The Hall–Kier alpha value is -2.21. The van der Waals surface area contributed by atoms with Gasteiger partial charge < -0.3 is 5.11 Å². The maximum Gasteiger partial charge on any atom is 0.269 e. The van der Waals surface area contributed by atoms with E-state index in [-0.39, 0.29) is 12.3 Å². The molecule has 94 valence electrons. The number of aliphatic hydroxyl groups excluding tert-OH is 1. The summed E-state index contributed by atoms with van der Waals surface area (Å²) in [7, 11) is 0. The van der Waals surface area contributed by atoms with Crippen molar-refractivity contribution in [1.82, 2.24) is 9.78 Å². The van der Waals surface area contributed by atoms with Gasteiger partial charge in [0.15, 0.2) is 0 Å². The van der Waals surface area contributed by atoms with Crippen LogP contribution in [0.3, 0.4) is 0 Å². The molecule has 0 saturated heterocycles. The Labute approximate surface area is 104 Å². The largest absolute Gasteiger partial charge is 0.396 e. The van der Waals surface area contributed by atoms with Gasteiger partial charge in [0.2, 0.25) is 0 Å². The Balaban J connectivity index is 2.31. The fourth-order valence-electron chi connectivity index (χ4n) is 1.72. The summed E-state index contributed by atoms with van der Waals surface area (Å²) < 4.78 is 1.66. The van der Waals surface area contributed by atoms with E-state index in [1.807, 2.05) is 13.1 Å². The fourth-order valence-corrected chi connectivity index (χ4v) is 1.72. The van der Waals surface area contributed by atoms with Gasteiger partial charge in [0.1, 0.15) is 0 Å². The first kappa shape index (κ1) is 12.3. The molecule has 1 aromatic carbocycles. The molecule has 0 bridgehead atoms. The zero-order valence-corrected chi connectivity index (χ0v) is 9.91. The number of nitro benzene ring substituents is 1. The molecule has 0 atom stereocenters. The summed E-state index contributed by atoms with van der Waals surface area (Å²) in [5, 5.41) is 23.8. The van der Waals surface area contributed by atoms with Crippen LogP contribution < -0.4 is 0 Å². The minimum Gasteiger partial charge on any atom is -0.396 e. The van der Waals surface area contributed by atoms with Crippen molar-refractivity contribution in [3.05, 3.63) is 51.8 Å². The molecule has 2 rings (SSSR count). The van der Waals surface area contributed by atoms with Gasteiger partial charge in [-0.25, -0.2) is 4.68 Å². The first-order chi connectivity index (χ1) is 8.61. The van der Waals surface area contributed by atoms with E-state index in [4.69, 9.17) is 5.11 Å². The standard InChI is InChI=1S/C12H13N3O3/c1-9-10(6-7-16)8-14(13-9)11-2-4-12(5-3-11)15(17)18/h2-5,8,16H,6-7H2,1H3. The molecule has 0 fully saturated rings. The van der Waals surface area contributed by atoms with Crippen LogP contribution in [0.1, 0.15) is 11.3 Å². The quantitative estimate of drug-likeness (QED) is 0.657. The Morgan fingerprint density at radius 2 is 2.06 bits per heavy atom. The van der Waals surface area contributed by atoms with Gasteiger partial charge >= 0.3 is 0 Å². The number of non-ortho nitro benzene ring substituents is 1. The lowest BCUT2D eigenvalue weighted by Gasteiger charge is -2.00. The zero-order valence-electron chi connectivity index (χ0n) is 9.91. The highest BCUT2D eigenvalue weighted by molar-refractivity contribution is 5.41. The van der Waals surface area contributed by atoms with Crippen molar-refractivity contribution in [1.29, 1.82) is 0 Å². The van der Waals surface area contributed by atoms with Gasteiger partial charge in [-0.1, -0.05) is 0 Å². The molecule has 0 aliphatic rings. The first-order valence-electron chi connectivity index (χ1n) is 5.52. The summed E-state index contributed by atoms with van der Waals surface area (Å²) >= 11 is 0. The second-order valence-electron chi connectivity index (χ2n) is 3.93. The van der Waals surface area contributed by atoms with Crippen LogP contribution in [0.4, 0.5) is 5.69 Å². The summed E-state index contributed by atoms with van der Waals surface area (Å²) in [4.78, 5) is 10.1. The summed E-state index contributed by atoms with van der Waals surface area (Å²) in [6.07, 6.45) is 2.38. The maximum absolute atomic E-state index is 10.5. The van der Waals surface area contributed by atoms with Crippen molar-refractivity contribution in [3.63, 3.8) is 0 Å². The van der Waals surface area contributed by atoms with E-state index in [9.17, 15) is 10.1 Å². The zero-order chi connectivity index (χ0) is 13.1. The van der Waals surface area contributed by atoms with Gasteiger partial charge in [-0.05, 0) is 31.0 Å². The molecule has 0 radical (unpaired) electrons. The third-order valence-corrected chi connectivity index (χ3v) is 2.71. The fraction of sp³-hybridized carbons (Fsp3) is 0.250. The number of nitro groups is 1. The number of aromatic nitrogens is 2. The highest BCUT2D eigenvalue weighted by Gasteiger charge is 2.08. The molecule has 1 aromatic heterocycles. The Morgan fingerprint density at radius 3 is 2.61 bits per heavy atom. The van der Waals surface area contributed by atoms with Gasteiger partial charge in [0.05, 0.1) is 16.3 Å². The second-order valence-corrected chi connectivity index (χ2v) is 3.93. The molecule has 1 N–H and O–H groups in total. The lowest BCUT2D eigenvalue weighted by molar-refractivity contribution is -0.384. The summed E-state index contributed by atoms with van der Waals surface area (Å²) in [6, 6.07) is 6.18. The molecule has 1 heterocycles. The van der Waals surface area contributed by atoms with Crippen molar-refractivity contribution in [3.8, 4) is 5.69 Å². The van der Waals surface area contributed by atoms with E-state index in [0.29, 0.717) is 6.42 Å². The lowest BCUT2D eigenvalue weighted by atomic mass is 10.2. The average Bonchev–Trinajstić information content (AvgIpc) is 2.72. The topological polar surface area (TPSA) is 81.2 Å². The van der Waals surface area contributed by atoms with Crippen LogP contribution in [0.25, 0.3) is 5.69 Å². The maximum atomic E-state index is 10.5. The third kappa shape index (κ3) is 2.38. The second kappa shape index (κ2) is 4.97. The third-order valence-electron chi connectivity index (χ3n) is 2.71. The molecule has 0 unspecified atom stereocenters. The molecule has 0 aliphatic heterocycles. The van der Waals surface area contributed by atoms with Crippen LogP contribution in [-0.4, -0.2) is 26.4 Å². The van der Waals surface area contributed by atoms with Gasteiger partial charge in [-0.3, -0.25) is 10.1 Å². The van der Waals surface area contributed by atoms with Crippen LogP contribution >= 0.6 is 0 Å². The van der Waals surface area contributed by atoms with E-state index in [2.05, 4.69) is 5.10 Å². The number of rotatable bonds is 4. The van der Waals surface area contributed by atoms with E-state index in [0.717, 1.165) is 16.9 Å². The van der Waals surface area contributed by atoms with Crippen molar-refractivity contribution in [2.45, 2.75) is 13.3 Å². The molecular formula is C12H13N3O3. The van der Waals surface area contributed by atoms with Crippen LogP contribution in [0, 0.1) is 17.0 Å². The number of aryl methyl sites for hydroxylation is 1. The molecule has 18 heavy (non-hydrogen) atoms. The molecule has 0 amide bonds. The monoisotopic (exact) mass is 247 g/mol. The van der Waals surface area contributed by atoms with Crippen LogP contribution in [0.2, 0.25) is 0 Å². The molecule has 0 aliphatic carbocycles. The highest BCUT2D eigenvalue weighted by Crippen LogP contribution is 2.16. The Morgan fingerprint density at radius 1 is 1.39 bits per heavy atom. The minimum atomic E-state index is -0.435. The normalized spacial score (nSPS) is 10.6. The summed E-state index contributed by atoms with van der Waals surface area (Å²) in [5.74, 6) is 0. The van der Waals surface area contributed by atoms with Gasteiger partial charge in [-0.2, -0.15) is 5.10 Å². The molecule has 0 spiro atoms. The highest BCUT2D eigenvalue weighted by atomic mass is 16.6. The summed E-state index contributed by atoms with van der Waals surface area (Å²) in [6.45, 7) is 1.94.